The molecule has 5 heteroatoms. The molecular formula is C16H28N2O3. The van der Waals surface area contributed by atoms with Crippen molar-refractivity contribution in [2.75, 3.05) is 13.2 Å². The van der Waals surface area contributed by atoms with E-state index in [4.69, 9.17) is 4.74 Å². The molecule has 0 aromatic heterocycles. The molecule has 1 unspecified atom stereocenters. The van der Waals surface area contributed by atoms with Gasteiger partial charge < -0.3 is 15.0 Å². The third-order valence-corrected chi connectivity index (χ3v) is 4.64. The SMILES string of the molecule is CCOC(C)(C)CN1C(=O)C2(CCCC2)NC(=O)C1CC. The average molecular weight is 296 g/mol. The summed E-state index contributed by atoms with van der Waals surface area (Å²) in [6.07, 6.45) is 4.17. The monoisotopic (exact) mass is 296 g/mol. The highest BCUT2D eigenvalue weighted by atomic mass is 16.5. The first-order valence-corrected chi connectivity index (χ1v) is 8.12. The first kappa shape index (κ1) is 16.3. The van der Waals surface area contributed by atoms with E-state index in [9.17, 15) is 9.59 Å². The second-order valence-corrected chi connectivity index (χ2v) is 6.83. The number of nitrogens with zero attached hydrogens (tertiary/aromatic N) is 1. The fraction of sp³-hybridized carbons (Fsp3) is 0.875. The van der Waals surface area contributed by atoms with Gasteiger partial charge in [-0.25, -0.2) is 0 Å². The van der Waals surface area contributed by atoms with Crippen molar-refractivity contribution in [3.05, 3.63) is 0 Å². The fourth-order valence-corrected chi connectivity index (χ4v) is 3.68. The quantitative estimate of drug-likeness (QED) is 0.842. The lowest BCUT2D eigenvalue weighted by atomic mass is 9.89. The molecule has 1 saturated carbocycles. The van der Waals surface area contributed by atoms with Crippen molar-refractivity contribution in [3.63, 3.8) is 0 Å². The number of rotatable bonds is 5. The fourth-order valence-electron chi connectivity index (χ4n) is 3.68. The van der Waals surface area contributed by atoms with Crippen LogP contribution in [-0.4, -0.2) is 47.0 Å². The van der Waals surface area contributed by atoms with Crippen LogP contribution in [0.25, 0.3) is 0 Å². The Balaban J connectivity index is 2.25. The molecule has 1 heterocycles. The van der Waals surface area contributed by atoms with E-state index in [1.807, 2.05) is 27.7 Å². The molecule has 2 fully saturated rings. The molecular weight excluding hydrogens is 268 g/mol. The van der Waals surface area contributed by atoms with E-state index in [1.165, 1.54) is 0 Å². The highest BCUT2D eigenvalue weighted by molar-refractivity contribution is 6.00. The minimum Gasteiger partial charge on any atom is -0.374 e. The minimum absolute atomic E-state index is 0.00806. The highest BCUT2D eigenvalue weighted by Crippen LogP contribution is 2.35. The molecule has 1 saturated heterocycles. The molecule has 5 nitrogen and oxygen atoms in total. The smallest absolute Gasteiger partial charge is 0.249 e. The average Bonchev–Trinajstić information content (AvgIpc) is 2.85. The van der Waals surface area contributed by atoms with Crippen LogP contribution in [0.15, 0.2) is 0 Å². The summed E-state index contributed by atoms with van der Waals surface area (Å²) in [6.45, 7) is 8.91. The molecule has 1 N–H and O–H groups in total. The Morgan fingerprint density at radius 3 is 2.43 bits per heavy atom. The van der Waals surface area contributed by atoms with Gasteiger partial charge in [-0.3, -0.25) is 9.59 Å². The van der Waals surface area contributed by atoms with Gasteiger partial charge in [0.25, 0.3) is 0 Å². The van der Waals surface area contributed by atoms with Crippen LogP contribution in [0.3, 0.4) is 0 Å². The van der Waals surface area contributed by atoms with Crippen LogP contribution < -0.4 is 5.32 Å². The molecule has 21 heavy (non-hydrogen) atoms. The van der Waals surface area contributed by atoms with E-state index in [0.717, 1.165) is 25.7 Å². The molecule has 1 spiro atoms. The highest BCUT2D eigenvalue weighted by Gasteiger charge is 2.52. The Bertz CT molecular complexity index is 414. The van der Waals surface area contributed by atoms with Gasteiger partial charge >= 0.3 is 0 Å². The number of ether oxygens (including phenoxy) is 1. The molecule has 2 amide bonds. The second-order valence-electron chi connectivity index (χ2n) is 6.83. The summed E-state index contributed by atoms with van der Waals surface area (Å²) < 4.78 is 5.73. The first-order valence-electron chi connectivity index (χ1n) is 8.12. The minimum atomic E-state index is -0.648. The Morgan fingerprint density at radius 2 is 1.90 bits per heavy atom. The molecule has 1 atom stereocenters. The zero-order chi connectivity index (χ0) is 15.7. The lowest BCUT2D eigenvalue weighted by Crippen LogP contribution is -2.70. The van der Waals surface area contributed by atoms with Gasteiger partial charge in [0.2, 0.25) is 11.8 Å². The maximum absolute atomic E-state index is 13.0. The molecule has 0 radical (unpaired) electrons. The number of hydrogen-bond acceptors (Lipinski definition) is 3. The normalized spacial score (nSPS) is 25.5. The number of carbonyl (C=O) groups is 2. The van der Waals surface area contributed by atoms with Crippen molar-refractivity contribution in [3.8, 4) is 0 Å². The van der Waals surface area contributed by atoms with Crippen molar-refractivity contribution >= 4 is 11.8 Å². The number of amides is 2. The number of nitrogens with one attached hydrogen (secondary N) is 1. The second kappa shape index (κ2) is 5.95. The van der Waals surface area contributed by atoms with Gasteiger partial charge in [0.1, 0.15) is 11.6 Å². The molecule has 0 aromatic rings. The van der Waals surface area contributed by atoms with Crippen LogP contribution in [0.1, 0.15) is 59.8 Å². The Hall–Kier alpha value is -1.10. The zero-order valence-electron chi connectivity index (χ0n) is 13.7. The topological polar surface area (TPSA) is 58.6 Å². The van der Waals surface area contributed by atoms with Crippen molar-refractivity contribution in [1.29, 1.82) is 0 Å². The maximum Gasteiger partial charge on any atom is 0.249 e. The van der Waals surface area contributed by atoms with E-state index in [0.29, 0.717) is 19.6 Å². The van der Waals surface area contributed by atoms with Crippen molar-refractivity contribution in [1.82, 2.24) is 10.2 Å². The number of piperazine rings is 1. The summed E-state index contributed by atoms with van der Waals surface area (Å²) in [4.78, 5) is 27.2. The maximum atomic E-state index is 13.0. The number of carbonyl (C=O) groups excluding carboxylic acids is 2. The Labute approximate surface area is 127 Å². The van der Waals surface area contributed by atoms with E-state index in [2.05, 4.69) is 5.32 Å². The molecule has 2 rings (SSSR count). The van der Waals surface area contributed by atoms with Crippen LogP contribution in [0.2, 0.25) is 0 Å². The first-order chi connectivity index (χ1) is 9.85. The van der Waals surface area contributed by atoms with Gasteiger partial charge in [-0.15, -0.1) is 0 Å². The molecule has 0 bridgehead atoms. The van der Waals surface area contributed by atoms with Gasteiger partial charge in [0.15, 0.2) is 0 Å². The predicted molar refractivity (Wildman–Crippen MR) is 80.8 cm³/mol. The van der Waals surface area contributed by atoms with E-state index < -0.39 is 11.1 Å². The molecule has 1 aliphatic heterocycles. The van der Waals surface area contributed by atoms with Crippen molar-refractivity contribution in [2.24, 2.45) is 0 Å². The van der Waals surface area contributed by atoms with Crippen molar-refractivity contribution in [2.45, 2.75) is 77.0 Å². The van der Waals surface area contributed by atoms with E-state index in [-0.39, 0.29) is 17.9 Å². The lowest BCUT2D eigenvalue weighted by molar-refractivity contribution is -0.159. The van der Waals surface area contributed by atoms with Crippen LogP contribution >= 0.6 is 0 Å². The van der Waals surface area contributed by atoms with Gasteiger partial charge in [-0.1, -0.05) is 19.8 Å². The predicted octanol–water partition coefficient (Wildman–Crippen LogP) is 1.85. The van der Waals surface area contributed by atoms with Gasteiger partial charge in [0.05, 0.1) is 12.1 Å². The largest absolute Gasteiger partial charge is 0.374 e. The van der Waals surface area contributed by atoms with E-state index in [1.54, 1.807) is 4.90 Å². The number of hydrogen-bond donors (Lipinski definition) is 1. The van der Waals surface area contributed by atoms with E-state index >= 15 is 0 Å². The summed E-state index contributed by atoms with van der Waals surface area (Å²) in [6, 6.07) is -0.372. The van der Waals surface area contributed by atoms with Crippen LogP contribution in [0.5, 0.6) is 0 Å². The Morgan fingerprint density at radius 1 is 1.29 bits per heavy atom. The summed E-state index contributed by atoms with van der Waals surface area (Å²) in [7, 11) is 0. The van der Waals surface area contributed by atoms with Gasteiger partial charge in [0, 0.05) is 6.61 Å². The molecule has 1 aliphatic carbocycles. The van der Waals surface area contributed by atoms with Crippen LogP contribution in [0.4, 0.5) is 0 Å². The van der Waals surface area contributed by atoms with Gasteiger partial charge in [-0.2, -0.15) is 0 Å². The lowest BCUT2D eigenvalue weighted by Gasteiger charge is -2.46. The summed E-state index contributed by atoms with van der Waals surface area (Å²) in [5, 5.41) is 3.02. The third-order valence-electron chi connectivity index (χ3n) is 4.64. The van der Waals surface area contributed by atoms with Crippen LogP contribution in [-0.2, 0) is 14.3 Å². The van der Waals surface area contributed by atoms with Crippen molar-refractivity contribution < 1.29 is 14.3 Å². The molecule has 2 aliphatic rings. The Kier molecular flexibility index (Phi) is 4.61. The molecule has 120 valence electrons. The summed E-state index contributed by atoms with van der Waals surface area (Å²) >= 11 is 0. The van der Waals surface area contributed by atoms with Crippen LogP contribution in [0, 0.1) is 0 Å². The summed E-state index contributed by atoms with van der Waals surface area (Å²) in [5.74, 6) is 0.0746. The zero-order valence-corrected chi connectivity index (χ0v) is 13.7. The van der Waals surface area contributed by atoms with Gasteiger partial charge in [-0.05, 0) is 40.0 Å². The third kappa shape index (κ3) is 3.07. The molecule has 0 aromatic carbocycles. The standard InChI is InChI=1S/C16H28N2O3/c1-5-12-13(19)17-16(9-7-8-10-16)14(20)18(12)11-15(3,4)21-6-2/h12H,5-11H2,1-4H3,(H,17,19). The summed E-state index contributed by atoms with van der Waals surface area (Å²) in [5.41, 5.74) is -1.08.